The Labute approximate surface area is 184 Å². The normalized spacial score (nSPS) is 23.6. The second kappa shape index (κ2) is 9.26. The maximum atomic E-state index is 13.1. The summed E-state index contributed by atoms with van der Waals surface area (Å²) < 4.78 is 11.9. The van der Waals surface area contributed by atoms with Gasteiger partial charge in [-0.05, 0) is 35.4 Å². The fraction of sp³-hybridized carbons (Fsp3) is 0.217. The summed E-state index contributed by atoms with van der Waals surface area (Å²) in [5.74, 6) is 0.851. The topological polar surface area (TPSA) is 83.9 Å². The molecule has 0 spiro atoms. The highest BCUT2D eigenvalue weighted by molar-refractivity contribution is 8.13. The molecule has 158 valence electrons. The van der Waals surface area contributed by atoms with E-state index < -0.39 is 5.54 Å². The summed E-state index contributed by atoms with van der Waals surface area (Å²) in [4.78, 5) is 27.4. The molecular weight excluding hydrogens is 413 g/mol. The van der Waals surface area contributed by atoms with E-state index in [2.05, 4.69) is 16.0 Å². The minimum Gasteiger partial charge on any atom is -0.379 e. The molecule has 0 bridgehead atoms. The zero-order chi connectivity index (χ0) is 21.7. The van der Waals surface area contributed by atoms with Crippen LogP contribution in [0.4, 0.5) is 4.39 Å². The first-order valence-electron chi connectivity index (χ1n) is 9.86. The molecule has 31 heavy (non-hydrogen) atoms. The molecule has 0 radical (unpaired) electrons. The molecular formula is C23H22FN5OS. The van der Waals surface area contributed by atoms with Gasteiger partial charge in [0.05, 0.1) is 6.54 Å². The molecule has 8 heteroatoms. The SMILES string of the molecule is NC1=N[C@@]2(c3cccc(/C=C/C=C\N=CF)c3)CN(C(=O)c3ccccn3)C[C@H]2CS1. The lowest BCUT2D eigenvalue weighted by Crippen LogP contribution is -2.40. The van der Waals surface area contributed by atoms with Gasteiger partial charge in [0.2, 0.25) is 0 Å². The van der Waals surface area contributed by atoms with Crippen LogP contribution >= 0.6 is 11.8 Å². The molecule has 1 aromatic carbocycles. The average molecular weight is 436 g/mol. The standard InChI is InChI=1S/C23H22FN5OS/c24-16-26-10-3-1-6-17-7-5-8-18(12-17)23-15-29(13-19(23)14-31-22(25)28-23)21(30)20-9-2-4-11-27-20/h1-12,16,19H,13-15H2,(H2,25,28)/b6-1+,10-3-,26-16?/t19-,23+/m0/s1. The lowest BCUT2D eigenvalue weighted by atomic mass is 9.81. The maximum absolute atomic E-state index is 13.1. The van der Waals surface area contributed by atoms with Crippen LogP contribution < -0.4 is 5.73 Å². The number of fused-ring (bicyclic) bond motifs is 1. The van der Waals surface area contributed by atoms with Crippen LogP contribution in [0.3, 0.4) is 0 Å². The monoisotopic (exact) mass is 435 g/mol. The Bertz CT molecular complexity index is 1070. The smallest absolute Gasteiger partial charge is 0.272 e. The van der Waals surface area contributed by atoms with E-state index in [1.54, 1.807) is 30.5 Å². The first-order chi connectivity index (χ1) is 15.1. The van der Waals surface area contributed by atoms with Gasteiger partial charge in [0.25, 0.3) is 5.91 Å². The van der Waals surface area contributed by atoms with Crippen molar-refractivity contribution in [3.05, 3.63) is 83.8 Å². The van der Waals surface area contributed by atoms with E-state index >= 15 is 0 Å². The molecule has 1 fully saturated rings. The number of rotatable bonds is 5. The van der Waals surface area contributed by atoms with Crippen LogP contribution in [0.2, 0.25) is 0 Å². The van der Waals surface area contributed by atoms with Gasteiger partial charge in [-0.25, -0.2) is 9.98 Å². The molecule has 3 heterocycles. The minimum absolute atomic E-state index is 0.0947. The first-order valence-corrected chi connectivity index (χ1v) is 10.8. The van der Waals surface area contributed by atoms with Crippen molar-refractivity contribution in [2.45, 2.75) is 5.54 Å². The number of amidine groups is 1. The fourth-order valence-electron chi connectivity index (χ4n) is 4.04. The Morgan fingerprint density at radius 3 is 3.00 bits per heavy atom. The molecule has 2 N–H and O–H groups in total. The summed E-state index contributed by atoms with van der Waals surface area (Å²) in [6.45, 7) is 1.29. The van der Waals surface area contributed by atoms with Gasteiger partial charge >= 0.3 is 0 Å². The highest BCUT2D eigenvalue weighted by Crippen LogP contribution is 2.45. The number of thioether (sulfide) groups is 1. The number of nitrogens with zero attached hydrogens (tertiary/aromatic N) is 4. The molecule has 2 aliphatic rings. The third-order valence-corrected chi connectivity index (χ3v) is 6.43. The zero-order valence-electron chi connectivity index (χ0n) is 16.8. The molecule has 2 aliphatic heterocycles. The number of hydrogen-bond acceptors (Lipinski definition) is 6. The van der Waals surface area contributed by atoms with Gasteiger partial charge in [-0.2, -0.15) is 4.39 Å². The van der Waals surface area contributed by atoms with E-state index in [1.165, 1.54) is 18.0 Å². The maximum Gasteiger partial charge on any atom is 0.272 e. The van der Waals surface area contributed by atoms with Gasteiger partial charge in [0.15, 0.2) is 11.6 Å². The van der Waals surface area contributed by atoms with Crippen LogP contribution in [-0.4, -0.2) is 46.3 Å². The second-order valence-electron chi connectivity index (χ2n) is 7.36. The van der Waals surface area contributed by atoms with E-state index in [4.69, 9.17) is 10.7 Å². The Kier molecular flexibility index (Phi) is 6.27. The number of aromatic nitrogens is 1. The van der Waals surface area contributed by atoms with Crippen LogP contribution in [0, 0.1) is 5.92 Å². The predicted octanol–water partition coefficient (Wildman–Crippen LogP) is 3.64. The van der Waals surface area contributed by atoms with E-state index in [0.717, 1.165) is 16.9 Å². The summed E-state index contributed by atoms with van der Waals surface area (Å²) in [7, 11) is 0. The van der Waals surface area contributed by atoms with Crippen molar-refractivity contribution >= 4 is 35.4 Å². The number of halogens is 1. The number of allylic oxidation sites excluding steroid dienone is 2. The number of hydrogen-bond donors (Lipinski definition) is 1. The van der Waals surface area contributed by atoms with Crippen LogP contribution in [0.25, 0.3) is 6.08 Å². The third-order valence-electron chi connectivity index (χ3n) is 5.48. The number of carbonyl (C=O) groups is 1. The second-order valence-corrected chi connectivity index (χ2v) is 8.40. The summed E-state index contributed by atoms with van der Waals surface area (Å²) in [5.41, 5.74) is 7.98. The van der Waals surface area contributed by atoms with Crippen molar-refractivity contribution in [2.24, 2.45) is 21.6 Å². The molecule has 2 aromatic rings. The molecule has 2 atom stereocenters. The van der Waals surface area contributed by atoms with Crippen LogP contribution in [0.1, 0.15) is 21.6 Å². The zero-order valence-corrected chi connectivity index (χ0v) is 17.6. The number of benzene rings is 1. The summed E-state index contributed by atoms with van der Waals surface area (Å²) in [5, 5.41) is 0.538. The fourth-order valence-corrected chi connectivity index (χ4v) is 5.02. The van der Waals surface area contributed by atoms with Gasteiger partial charge in [-0.15, -0.1) is 0 Å². The predicted molar refractivity (Wildman–Crippen MR) is 124 cm³/mol. The minimum atomic E-state index is -0.585. The van der Waals surface area contributed by atoms with Crippen molar-refractivity contribution < 1.29 is 9.18 Å². The molecule has 4 rings (SSSR count). The van der Waals surface area contributed by atoms with Gasteiger partial charge < -0.3 is 10.6 Å². The van der Waals surface area contributed by atoms with Crippen LogP contribution in [-0.2, 0) is 5.54 Å². The Morgan fingerprint density at radius 2 is 2.19 bits per heavy atom. The van der Waals surface area contributed by atoms with E-state index in [9.17, 15) is 9.18 Å². The van der Waals surface area contributed by atoms with Gasteiger partial charge in [0, 0.05) is 30.6 Å². The quantitative estimate of drug-likeness (QED) is 0.574. The van der Waals surface area contributed by atoms with E-state index in [0.29, 0.717) is 24.0 Å². The summed E-state index contributed by atoms with van der Waals surface area (Å²) in [6.07, 6.45) is 8.36. The van der Waals surface area contributed by atoms with Crippen LogP contribution in [0.15, 0.2) is 77.0 Å². The van der Waals surface area contributed by atoms with Gasteiger partial charge in [0.1, 0.15) is 11.2 Å². The van der Waals surface area contributed by atoms with Crippen molar-refractivity contribution in [1.82, 2.24) is 9.88 Å². The highest BCUT2D eigenvalue weighted by Gasteiger charge is 2.51. The molecule has 6 nitrogen and oxygen atoms in total. The molecule has 0 saturated carbocycles. The van der Waals surface area contributed by atoms with E-state index in [-0.39, 0.29) is 18.3 Å². The Hall–Kier alpha value is -3.26. The number of likely N-dealkylation sites (tertiary alicyclic amines) is 1. The average Bonchev–Trinajstić information content (AvgIpc) is 3.19. The lowest BCUT2D eigenvalue weighted by molar-refractivity contribution is 0.0776. The number of amides is 1. The van der Waals surface area contributed by atoms with Crippen LogP contribution in [0.5, 0.6) is 0 Å². The Morgan fingerprint density at radius 1 is 1.29 bits per heavy atom. The summed E-state index contributed by atoms with van der Waals surface area (Å²) >= 11 is 1.53. The summed E-state index contributed by atoms with van der Waals surface area (Å²) in [6, 6.07) is 13.4. The number of pyridine rings is 1. The van der Waals surface area contributed by atoms with E-state index in [1.807, 2.05) is 35.2 Å². The number of aliphatic imine (C=N–C) groups is 2. The first kappa shape index (κ1) is 21.0. The van der Waals surface area contributed by atoms with Gasteiger partial charge in [-0.3, -0.25) is 9.78 Å². The van der Waals surface area contributed by atoms with Crippen molar-refractivity contribution in [3.63, 3.8) is 0 Å². The highest BCUT2D eigenvalue weighted by atomic mass is 32.2. The van der Waals surface area contributed by atoms with Crippen molar-refractivity contribution in [2.75, 3.05) is 18.8 Å². The molecule has 0 unspecified atom stereocenters. The largest absolute Gasteiger partial charge is 0.379 e. The number of nitrogens with two attached hydrogens (primary N) is 1. The lowest BCUT2D eigenvalue weighted by Gasteiger charge is -2.34. The third kappa shape index (κ3) is 4.44. The van der Waals surface area contributed by atoms with Gasteiger partial charge in [-0.1, -0.05) is 48.2 Å². The molecule has 1 saturated heterocycles. The van der Waals surface area contributed by atoms with Crippen molar-refractivity contribution in [1.29, 1.82) is 0 Å². The molecule has 1 amide bonds. The van der Waals surface area contributed by atoms with Crippen molar-refractivity contribution in [3.8, 4) is 0 Å². The number of carbonyl (C=O) groups excluding carboxylic acids is 1. The Balaban J connectivity index is 1.65. The molecule has 1 aromatic heterocycles. The molecule has 0 aliphatic carbocycles.